The van der Waals surface area contributed by atoms with Gasteiger partial charge in [0, 0.05) is 37.7 Å². The Bertz CT molecular complexity index is 520. The summed E-state index contributed by atoms with van der Waals surface area (Å²) in [6.45, 7) is 3.15. The van der Waals surface area contributed by atoms with Gasteiger partial charge in [-0.05, 0) is 37.5 Å². The Morgan fingerprint density at radius 3 is 2.86 bits per heavy atom. The molecule has 0 aliphatic carbocycles. The lowest BCUT2D eigenvalue weighted by Gasteiger charge is -2.16. The number of hydrogen-bond acceptors (Lipinski definition) is 3. The van der Waals surface area contributed by atoms with Crippen LogP contribution in [0.5, 0.6) is 0 Å². The van der Waals surface area contributed by atoms with Crippen molar-refractivity contribution in [1.82, 2.24) is 5.32 Å². The highest BCUT2D eigenvalue weighted by Gasteiger charge is 2.21. The highest BCUT2D eigenvalue weighted by molar-refractivity contribution is 5.95. The summed E-state index contributed by atoms with van der Waals surface area (Å²) < 4.78 is 0. The maximum atomic E-state index is 11.7. The quantitative estimate of drug-likeness (QED) is 0.839. The van der Waals surface area contributed by atoms with E-state index in [1.54, 1.807) is 4.90 Å². The van der Waals surface area contributed by atoms with Crippen molar-refractivity contribution in [1.29, 1.82) is 0 Å². The Balaban J connectivity index is 0.00000242. The van der Waals surface area contributed by atoms with Crippen molar-refractivity contribution >= 4 is 29.9 Å². The summed E-state index contributed by atoms with van der Waals surface area (Å²) in [6.07, 6.45) is 2.67. The van der Waals surface area contributed by atoms with Gasteiger partial charge in [-0.25, -0.2) is 0 Å². The number of halogens is 1. The van der Waals surface area contributed by atoms with Gasteiger partial charge in [0.15, 0.2) is 0 Å². The largest absolute Gasteiger partial charge is 0.352 e. The van der Waals surface area contributed by atoms with Crippen molar-refractivity contribution in [3.63, 3.8) is 0 Å². The molecule has 1 unspecified atom stereocenters. The molecule has 1 aliphatic rings. The number of amides is 2. The lowest BCUT2D eigenvalue weighted by Crippen LogP contribution is -2.26. The molecule has 122 valence electrons. The third kappa shape index (κ3) is 5.31. The molecular weight excluding hydrogens is 302 g/mol. The molecule has 0 radical (unpaired) electrons. The van der Waals surface area contributed by atoms with E-state index in [0.29, 0.717) is 25.8 Å². The van der Waals surface area contributed by atoms with E-state index in [9.17, 15) is 9.59 Å². The first-order valence-corrected chi connectivity index (χ1v) is 7.48. The summed E-state index contributed by atoms with van der Waals surface area (Å²) in [5.74, 6) is 0.183. The smallest absolute Gasteiger partial charge is 0.227 e. The van der Waals surface area contributed by atoms with Crippen LogP contribution in [0, 0.1) is 0 Å². The fourth-order valence-corrected chi connectivity index (χ4v) is 2.40. The van der Waals surface area contributed by atoms with Crippen LogP contribution in [0.3, 0.4) is 0 Å². The van der Waals surface area contributed by atoms with Crippen molar-refractivity contribution in [2.75, 3.05) is 11.4 Å². The molecule has 1 aromatic carbocycles. The number of hydrogen-bond donors (Lipinski definition) is 2. The molecule has 0 bridgehead atoms. The molecule has 1 aliphatic heterocycles. The Labute approximate surface area is 137 Å². The van der Waals surface area contributed by atoms with Gasteiger partial charge < -0.3 is 16.0 Å². The Hall–Kier alpha value is -1.59. The maximum Gasteiger partial charge on any atom is 0.227 e. The zero-order valence-electron chi connectivity index (χ0n) is 12.9. The Morgan fingerprint density at radius 1 is 1.45 bits per heavy atom. The second-order valence-corrected chi connectivity index (χ2v) is 5.61. The third-order valence-electron chi connectivity index (χ3n) is 3.61. The van der Waals surface area contributed by atoms with Crippen LogP contribution in [0.15, 0.2) is 24.3 Å². The van der Waals surface area contributed by atoms with E-state index >= 15 is 0 Å². The Kier molecular flexibility index (Phi) is 7.35. The molecule has 0 aromatic heterocycles. The minimum atomic E-state index is 0. The van der Waals surface area contributed by atoms with Gasteiger partial charge in [-0.2, -0.15) is 0 Å². The van der Waals surface area contributed by atoms with Crippen LogP contribution in [-0.2, 0) is 16.1 Å². The highest BCUT2D eigenvalue weighted by Crippen LogP contribution is 2.22. The third-order valence-corrected chi connectivity index (χ3v) is 3.61. The number of nitrogens with two attached hydrogens (primary N) is 1. The van der Waals surface area contributed by atoms with Crippen LogP contribution in [0.2, 0.25) is 0 Å². The van der Waals surface area contributed by atoms with Gasteiger partial charge in [-0.3, -0.25) is 9.59 Å². The Morgan fingerprint density at radius 2 is 2.23 bits per heavy atom. The van der Waals surface area contributed by atoms with Gasteiger partial charge >= 0.3 is 0 Å². The molecular formula is C16H24ClN3O2. The van der Waals surface area contributed by atoms with Crippen molar-refractivity contribution in [2.24, 2.45) is 5.73 Å². The molecule has 5 nitrogen and oxygen atoms in total. The van der Waals surface area contributed by atoms with Crippen molar-refractivity contribution in [3.05, 3.63) is 29.8 Å². The zero-order chi connectivity index (χ0) is 15.2. The van der Waals surface area contributed by atoms with E-state index in [2.05, 4.69) is 5.32 Å². The minimum absolute atomic E-state index is 0. The first-order chi connectivity index (χ1) is 10.1. The molecule has 1 aromatic rings. The van der Waals surface area contributed by atoms with Gasteiger partial charge in [-0.1, -0.05) is 12.1 Å². The average molecular weight is 326 g/mol. The number of nitrogens with zero attached hydrogens (tertiary/aromatic N) is 1. The average Bonchev–Trinajstić information content (AvgIpc) is 2.89. The topological polar surface area (TPSA) is 75.4 Å². The first-order valence-electron chi connectivity index (χ1n) is 7.48. The normalized spacial score (nSPS) is 15.4. The lowest BCUT2D eigenvalue weighted by atomic mass is 10.1. The molecule has 2 amide bonds. The molecule has 2 rings (SSSR count). The summed E-state index contributed by atoms with van der Waals surface area (Å²) in [6, 6.07) is 7.82. The predicted molar refractivity (Wildman–Crippen MR) is 90.0 cm³/mol. The number of carbonyl (C=O) groups is 2. The number of carbonyl (C=O) groups excluding carboxylic acids is 2. The van der Waals surface area contributed by atoms with E-state index in [0.717, 1.165) is 24.2 Å². The van der Waals surface area contributed by atoms with Crippen LogP contribution in [-0.4, -0.2) is 24.4 Å². The van der Waals surface area contributed by atoms with E-state index in [-0.39, 0.29) is 30.3 Å². The van der Waals surface area contributed by atoms with Crippen LogP contribution in [0.4, 0.5) is 5.69 Å². The second kappa shape index (κ2) is 8.76. The van der Waals surface area contributed by atoms with Crippen molar-refractivity contribution < 1.29 is 9.59 Å². The van der Waals surface area contributed by atoms with E-state index in [1.807, 2.05) is 31.2 Å². The molecule has 6 heteroatoms. The molecule has 1 saturated heterocycles. The summed E-state index contributed by atoms with van der Waals surface area (Å²) >= 11 is 0. The number of rotatable bonds is 6. The summed E-state index contributed by atoms with van der Waals surface area (Å²) in [4.78, 5) is 25.2. The highest BCUT2D eigenvalue weighted by atomic mass is 35.5. The molecule has 1 atom stereocenters. The van der Waals surface area contributed by atoms with Crippen LogP contribution in [0.1, 0.15) is 38.2 Å². The number of benzene rings is 1. The van der Waals surface area contributed by atoms with Crippen molar-refractivity contribution in [2.45, 2.75) is 45.2 Å². The van der Waals surface area contributed by atoms with Gasteiger partial charge in [0.25, 0.3) is 0 Å². The monoisotopic (exact) mass is 325 g/mol. The first kappa shape index (κ1) is 18.5. The van der Waals surface area contributed by atoms with Crippen LogP contribution >= 0.6 is 12.4 Å². The molecule has 0 saturated carbocycles. The van der Waals surface area contributed by atoms with E-state index < -0.39 is 0 Å². The van der Waals surface area contributed by atoms with Gasteiger partial charge in [-0.15, -0.1) is 12.4 Å². The van der Waals surface area contributed by atoms with Crippen molar-refractivity contribution in [3.8, 4) is 0 Å². The molecule has 0 spiro atoms. The van der Waals surface area contributed by atoms with Gasteiger partial charge in [0.05, 0.1) is 0 Å². The fourth-order valence-electron chi connectivity index (χ4n) is 2.40. The van der Waals surface area contributed by atoms with Gasteiger partial charge in [0.1, 0.15) is 0 Å². The molecule has 22 heavy (non-hydrogen) atoms. The summed E-state index contributed by atoms with van der Waals surface area (Å²) in [7, 11) is 0. The SMILES string of the molecule is CC(N)CCC(=O)NCc1cccc(N2CCCC2=O)c1.Cl. The predicted octanol–water partition coefficient (Wildman–Crippen LogP) is 1.98. The van der Waals surface area contributed by atoms with Crippen LogP contribution in [0.25, 0.3) is 0 Å². The standard InChI is InChI=1S/C16H23N3O2.ClH/c1-12(17)7-8-15(20)18-11-13-4-2-5-14(10-13)19-9-3-6-16(19)21;/h2,4-5,10,12H,3,6-9,11,17H2,1H3,(H,18,20);1H. The maximum absolute atomic E-state index is 11.7. The molecule has 1 heterocycles. The molecule has 3 N–H and O–H groups in total. The van der Waals surface area contributed by atoms with Gasteiger partial charge in [0.2, 0.25) is 11.8 Å². The van der Waals surface area contributed by atoms with E-state index in [4.69, 9.17) is 5.73 Å². The molecule has 1 fully saturated rings. The fraction of sp³-hybridized carbons (Fsp3) is 0.500. The number of anilines is 1. The minimum Gasteiger partial charge on any atom is -0.352 e. The summed E-state index contributed by atoms with van der Waals surface area (Å²) in [5.41, 5.74) is 7.55. The summed E-state index contributed by atoms with van der Waals surface area (Å²) in [5, 5.41) is 2.89. The van der Waals surface area contributed by atoms with E-state index in [1.165, 1.54) is 0 Å². The second-order valence-electron chi connectivity index (χ2n) is 5.61. The zero-order valence-corrected chi connectivity index (χ0v) is 13.7. The number of nitrogens with one attached hydrogen (secondary N) is 1. The van der Waals surface area contributed by atoms with Crippen LogP contribution < -0.4 is 16.0 Å². The lowest BCUT2D eigenvalue weighted by molar-refractivity contribution is -0.121.